The third-order valence-electron chi connectivity index (χ3n) is 1.92. The van der Waals surface area contributed by atoms with Gasteiger partial charge in [0, 0.05) is 19.3 Å². The second kappa shape index (κ2) is 4.21. The summed E-state index contributed by atoms with van der Waals surface area (Å²) in [5.41, 5.74) is -1.32. The first-order valence-corrected chi connectivity index (χ1v) is 4.63. The van der Waals surface area contributed by atoms with E-state index in [2.05, 4.69) is 15.7 Å². The number of nitrogens with one attached hydrogen (secondary N) is 2. The van der Waals surface area contributed by atoms with Crippen LogP contribution in [0.1, 0.15) is 13.8 Å². The minimum Gasteiger partial charge on any atom is -0.480 e. The molecular weight excluding hydrogens is 212 g/mol. The summed E-state index contributed by atoms with van der Waals surface area (Å²) in [6.45, 7) is 2.79. The summed E-state index contributed by atoms with van der Waals surface area (Å²) in [5, 5.41) is 17.5. The smallest absolute Gasteiger partial charge is 0.328 e. The van der Waals surface area contributed by atoms with Crippen molar-refractivity contribution in [3.63, 3.8) is 0 Å². The molecule has 7 heteroatoms. The van der Waals surface area contributed by atoms with Crippen molar-refractivity contribution >= 4 is 17.8 Å². The van der Waals surface area contributed by atoms with E-state index in [1.165, 1.54) is 18.5 Å². The lowest BCUT2D eigenvalue weighted by atomic mass is 10.1. The highest BCUT2D eigenvalue weighted by atomic mass is 16.4. The molecule has 0 unspecified atom stereocenters. The van der Waals surface area contributed by atoms with E-state index in [-0.39, 0.29) is 0 Å². The van der Waals surface area contributed by atoms with Gasteiger partial charge in [-0.15, -0.1) is 0 Å². The number of carbonyl (C=O) groups is 2. The van der Waals surface area contributed by atoms with Crippen molar-refractivity contribution in [3.05, 3.63) is 12.3 Å². The highest BCUT2D eigenvalue weighted by Crippen LogP contribution is 2.04. The van der Waals surface area contributed by atoms with Gasteiger partial charge in [-0.25, -0.2) is 9.59 Å². The molecule has 0 aliphatic carbocycles. The average Bonchev–Trinajstić information content (AvgIpc) is 2.49. The van der Waals surface area contributed by atoms with Crippen LogP contribution in [0.15, 0.2) is 12.3 Å². The lowest BCUT2D eigenvalue weighted by molar-refractivity contribution is -0.142. The molecule has 1 heterocycles. The highest BCUT2D eigenvalue weighted by Gasteiger charge is 2.28. The number of rotatable bonds is 3. The van der Waals surface area contributed by atoms with Crippen LogP contribution in [0, 0.1) is 0 Å². The van der Waals surface area contributed by atoms with Gasteiger partial charge in [0.2, 0.25) is 0 Å². The van der Waals surface area contributed by atoms with Crippen LogP contribution in [0.5, 0.6) is 0 Å². The predicted octanol–water partition coefficient (Wildman–Crippen LogP) is 0.405. The number of hydrogen-bond donors (Lipinski definition) is 3. The summed E-state index contributed by atoms with van der Waals surface area (Å²) in [5.74, 6) is -0.746. The summed E-state index contributed by atoms with van der Waals surface area (Å²) < 4.78 is 1.53. The number of nitrogens with zero attached hydrogens (tertiary/aromatic N) is 2. The number of aryl methyl sites for hydroxylation is 1. The third kappa shape index (κ3) is 2.97. The van der Waals surface area contributed by atoms with Crippen LogP contribution in [0.2, 0.25) is 0 Å². The number of aromatic nitrogens is 2. The molecule has 1 aromatic heterocycles. The number of aliphatic carboxylic acids is 1. The van der Waals surface area contributed by atoms with Gasteiger partial charge in [-0.05, 0) is 13.8 Å². The van der Waals surface area contributed by atoms with Crippen molar-refractivity contribution in [1.29, 1.82) is 0 Å². The average molecular weight is 226 g/mol. The monoisotopic (exact) mass is 226 g/mol. The van der Waals surface area contributed by atoms with Crippen LogP contribution >= 0.6 is 0 Å². The molecule has 16 heavy (non-hydrogen) atoms. The molecule has 0 aromatic carbocycles. The van der Waals surface area contributed by atoms with Gasteiger partial charge < -0.3 is 10.4 Å². The zero-order valence-electron chi connectivity index (χ0n) is 9.31. The normalized spacial score (nSPS) is 10.9. The highest BCUT2D eigenvalue weighted by molar-refractivity contribution is 5.92. The molecule has 0 saturated heterocycles. The molecule has 0 aliphatic rings. The zero-order valence-corrected chi connectivity index (χ0v) is 9.31. The minimum absolute atomic E-state index is 0.362. The Morgan fingerprint density at radius 2 is 2.12 bits per heavy atom. The molecule has 0 spiro atoms. The number of hydrogen-bond acceptors (Lipinski definition) is 3. The van der Waals surface area contributed by atoms with Crippen LogP contribution in [-0.2, 0) is 11.8 Å². The summed E-state index contributed by atoms with van der Waals surface area (Å²) in [6.07, 6.45) is 1.66. The van der Waals surface area contributed by atoms with E-state index in [0.717, 1.165) is 0 Å². The van der Waals surface area contributed by atoms with Crippen molar-refractivity contribution in [2.75, 3.05) is 5.32 Å². The van der Waals surface area contributed by atoms with Crippen LogP contribution in [0.3, 0.4) is 0 Å². The number of carboxylic acid groups (broad SMARTS) is 1. The first-order valence-electron chi connectivity index (χ1n) is 4.63. The summed E-state index contributed by atoms with van der Waals surface area (Å²) in [7, 11) is 1.71. The van der Waals surface area contributed by atoms with Gasteiger partial charge in [-0.1, -0.05) is 0 Å². The lowest BCUT2D eigenvalue weighted by Crippen LogP contribution is -2.51. The molecular formula is C9H14N4O3. The van der Waals surface area contributed by atoms with Gasteiger partial charge in [0.15, 0.2) is 5.82 Å². The molecule has 0 radical (unpaired) electrons. The molecule has 0 atom stereocenters. The van der Waals surface area contributed by atoms with E-state index in [4.69, 9.17) is 5.11 Å². The van der Waals surface area contributed by atoms with E-state index in [9.17, 15) is 9.59 Å². The molecule has 1 aromatic rings. The number of carboxylic acids is 1. The lowest BCUT2D eigenvalue weighted by Gasteiger charge is -2.20. The Morgan fingerprint density at radius 1 is 1.50 bits per heavy atom. The Kier molecular flexibility index (Phi) is 3.17. The topological polar surface area (TPSA) is 96.2 Å². The van der Waals surface area contributed by atoms with Crippen LogP contribution < -0.4 is 10.6 Å². The second-order valence-electron chi connectivity index (χ2n) is 3.88. The van der Waals surface area contributed by atoms with Crippen LogP contribution in [0.4, 0.5) is 10.6 Å². The number of urea groups is 1. The maximum Gasteiger partial charge on any atom is 0.328 e. The van der Waals surface area contributed by atoms with Crippen molar-refractivity contribution < 1.29 is 14.7 Å². The van der Waals surface area contributed by atoms with E-state index in [1.807, 2.05) is 0 Å². The van der Waals surface area contributed by atoms with Crippen molar-refractivity contribution in [2.24, 2.45) is 7.05 Å². The number of anilines is 1. The molecule has 0 fully saturated rings. The number of amides is 2. The molecule has 7 nitrogen and oxygen atoms in total. The van der Waals surface area contributed by atoms with E-state index >= 15 is 0 Å². The standard InChI is InChI=1S/C9H14N4O3/c1-9(2,7(14)15)11-8(16)10-6-4-5-13(3)12-6/h4-5H,1-3H3,(H,14,15)(H2,10,11,12,16). The maximum atomic E-state index is 11.4. The van der Waals surface area contributed by atoms with Gasteiger partial charge in [0.05, 0.1) is 0 Å². The van der Waals surface area contributed by atoms with Gasteiger partial charge in [-0.2, -0.15) is 5.10 Å². The van der Waals surface area contributed by atoms with Crippen molar-refractivity contribution in [1.82, 2.24) is 15.1 Å². The van der Waals surface area contributed by atoms with Crippen molar-refractivity contribution in [2.45, 2.75) is 19.4 Å². The molecule has 0 bridgehead atoms. The molecule has 0 saturated carbocycles. The molecule has 2 amide bonds. The second-order valence-corrected chi connectivity index (χ2v) is 3.88. The fraction of sp³-hybridized carbons (Fsp3) is 0.444. The first kappa shape index (κ1) is 12.0. The minimum atomic E-state index is -1.32. The molecule has 0 aliphatic heterocycles. The molecule has 3 N–H and O–H groups in total. The fourth-order valence-electron chi connectivity index (χ4n) is 0.967. The molecule has 1 rings (SSSR count). The summed E-state index contributed by atoms with van der Waals surface area (Å²) >= 11 is 0. The van der Waals surface area contributed by atoms with Gasteiger partial charge in [-0.3, -0.25) is 10.00 Å². The van der Waals surface area contributed by atoms with Gasteiger partial charge in [0.25, 0.3) is 0 Å². The zero-order chi connectivity index (χ0) is 12.3. The van der Waals surface area contributed by atoms with Crippen molar-refractivity contribution in [3.8, 4) is 0 Å². The fourth-order valence-corrected chi connectivity index (χ4v) is 0.967. The maximum absolute atomic E-state index is 11.4. The van der Waals surface area contributed by atoms with Crippen LogP contribution in [-0.4, -0.2) is 32.4 Å². The first-order chi connectivity index (χ1) is 7.31. The Hall–Kier alpha value is -2.05. The van der Waals surface area contributed by atoms with E-state index in [0.29, 0.717) is 5.82 Å². The Labute approximate surface area is 92.4 Å². The Balaban J connectivity index is 2.58. The third-order valence-corrected chi connectivity index (χ3v) is 1.92. The predicted molar refractivity (Wildman–Crippen MR) is 57.1 cm³/mol. The Bertz CT molecular complexity index is 411. The molecule has 88 valence electrons. The quantitative estimate of drug-likeness (QED) is 0.695. The van der Waals surface area contributed by atoms with E-state index in [1.54, 1.807) is 19.3 Å². The number of carbonyl (C=O) groups excluding carboxylic acids is 1. The van der Waals surface area contributed by atoms with Gasteiger partial charge >= 0.3 is 12.0 Å². The Morgan fingerprint density at radius 3 is 2.56 bits per heavy atom. The summed E-state index contributed by atoms with van der Waals surface area (Å²) in [4.78, 5) is 22.2. The summed E-state index contributed by atoms with van der Waals surface area (Å²) in [6, 6.07) is 0.999. The van der Waals surface area contributed by atoms with Gasteiger partial charge in [0.1, 0.15) is 5.54 Å². The largest absolute Gasteiger partial charge is 0.480 e. The van der Waals surface area contributed by atoms with E-state index < -0.39 is 17.5 Å². The SMILES string of the molecule is Cn1ccc(NC(=O)NC(C)(C)C(=O)O)n1. The van der Waals surface area contributed by atoms with Crippen LogP contribution in [0.25, 0.3) is 0 Å².